The molecule has 0 bridgehead atoms. The molecule has 6 heteroatoms. The smallest absolute Gasteiger partial charge is 0.261 e. The van der Waals surface area contributed by atoms with E-state index in [4.69, 9.17) is 0 Å². The average molecular weight is 370 g/mol. The summed E-state index contributed by atoms with van der Waals surface area (Å²) in [6.45, 7) is 0.960. The van der Waals surface area contributed by atoms with Gasteiger partial charge in [-0.05, 0) is 49.3 Å². The Kier molecular flexibility index (Phi) is 6.17. The second-order valence-electron chi connectivity index (χ2n) is 6.30. The van der Waals surface area contributed by atoms with E-state index in [-0.39, 0.29) is 17.7 Å². The SMILES string of the molecule is O=C(CCCc1cccs1)NCCCCN1C(=O)c2ccccc2C1=O. The Morgan fingerprint density at radius 3 is 2.35 bits per heavy atom. The number of hydrogen-bond acceptors (Lipinski definition) is 4. The number of nitrogens with one attached hydrogen (secondary N) is 1. The van der Waals surface area contributed by atoms with Gasteiger partial charge in [-0.1, -0.05) is 18.2 Å². The molecule has 1 aliphatic rings. The number of fused-ring (bicyclic) bond motifs is 1. The minimum Gasteiger partial charge on any atom is -0.356 e. The van der Waals surface area contributed by atoms with Gasteiger partial charge >= 0.3 is 0 Å². The lowest BCUT2D eigenvalue weighted by Crippen LogP contribution is -2.31. The highest BCUT2D eigenvalue weighted by Gasteiger charge is 2.34. The molecular formula is C20H22N2O3S. The van der Waals surface area contributed by atoms with Crippen molar-refractivity contribution in [1.82, 2.24) is 10.2 Å². The fourth-order valence-electron chi connectivity index (χ4n) is 3.03. The Morgan fingerprint density at radius 2 is 1.69 bits per heavy atom. The number of rotatable bonds is 9. The van der Waals surface area contributed by atoms with E-state index in [1.165, 1.54) is 9.78 Å². The van der Waals surface area contributed by atoms with Crippen LogP contribution in [-0.2, 0) is 11.2 Å². The number of aryl methyl sites for hydroxylation is 1. The van der Waals surface area contributed by atoms with E-state index in [9.17, 15) is 14.4 Å². The molecular weight excluding hydrogens is 348 g/mol. The first-order valence-corrected chi connectivity index (χ1v) is 9.79. The molecule has 0 unspecified atom stereocenters. The van der Waals surface area contributed by atoms with Crippen LogP contribution in [-0.4, -0.2) is 35.7 Å². The second-order valence-corrected chi connectivity index (χ2v) is 7.33. The van der Waals surface area contributed by atoms with E-state index >= 15 is 0 Å². The number of unbranched alkanes of at least 4 members (excludes halogenated alkanes) is 1. The molecule has 2 aromatic rings. The fourth-order valence-corrected chi connectivity index (χ4v) is 3.78. The lowest BCUT2D eigenvalue weighted by molar-refractivity contribution is -0.121. The van der Waals surface area contributed by atoms with E-state index in [1.54, 1.807) is 35.6 Å². The van der Waals surface area contributed by atoms with Gasteiger partial charge in [0.1, 0.15) is 0 Å². The Bertz CT molecular complexity index is 751. The van der Waals surface area contributed by atoms with Gasteiger partial charge in [-0.2, -0.15) is 0 Å². The number of benzene rings is 1. The van der Waals surface area contributed by atoms with Gasteiger partial charge in [0.2, 0.25) is 5.91 Å². The van der Waals surface area contributed by atoms with Crippen LogP contribution in [0.4, 0.5) is 0 Å². The molecule has 3 rings (SSSR count). The molecule has 0 fully saturated rings. The highest BCUT2D eigenvalue weighted by molar-refractivity contribution is 7.09. The predicted molar refractivity (Wildman–Crippen MR) is 101 cm³/mol. The number of hydrogen-bond donors (Lipinski definition) is 1. The standard InChI is InChI=1S/C20H22N2O3S/c23-18(11-5-7-15-8-6-14-26-15)21-12-3-4-13-22-19(24)16-9-1-2-10-17(16)20(22)25/h1-2,6,8-10,14H,3-5,7,11-13H2,(H,21,23). The number of thiophene rings is 1. The Labute approximate surface area is 157 Å². The third kappa shape index (κ3) is 4.38. The number of carbonyl (C=O) groups excluding carboxylic acids is 3. The van der Waals surface area contributed by atoms with Gasteiger partial charge in [-0.15, -0.1) is 11.3 Å². The van der Waals surface area contributed by atoms with Crippen LogP contribution in [0.5, 0.6) is 0 Å². The van der Waals surface area contributed by atoms with Crippen molar-refractivity contribution in [1.29, 1.82) is 0 Å². The van der Waals surface area contributed by atoms with Gasteiger partial charge in [-0.25, -0.2) is 0 Å². The van der Waals surface area contributed by atoms with Crippen molar-refractivity contribution in [3.8, 4) is 0 Å². The van der Waals surface area contributed by atoms with Crippen molar-refractivity contribution in [2.75, 3.05) is 13.1 Å². The highest BCUT2D eigenvalue weighted by Crippen LogP contribution is 2.22. The number of carbonyl (C=O) groups is 3. The summed E-state index contributed by atoms with van der Waals surface area (Å²) in [5, 5.41) is 4.95. The molecule has 0 saturated carbocycles. The van der Waals surface area contributed by atoms with Crippen LogP contribution in [0.25, 0.3) is 0 Å². The van der Waals surface area contributed by atoms with Crippen LogP contribution in [0.2, 0.25) is 0 Å². The lowest BCUT2D eigenvalue weighted by atomic mass is 10.1. The highest BCUT2D eigenvalue weighted by atomic mass is 32.1. The van der Waals surface area contributed by atoms with Crippen molar-refractivity contribution in [2.45, 2.75) is 32.1 Å². The molecule has 1 aromatic carbocycles. The number of nitrogens with zero attached hydrogens (tertiary/aromatic N) is 1. The van der Waals surface area contributed by atoms with Gasteiger partial charge in [0.15, 0.2) is 0 Å². The Morgan fingerprint density at radius 1 is 0.962 bits per heavy atom. The molecule has 0 atom stereocenters. The molecule has 0 spiro atoms. The zero-order valence-corrected chi connectivity index (χ0v) is 15.4. The van der Waals surface area contributed by atoms with Crippen molar-refractivity contribution < 1.29 is 14.4 Å². The van der Waals surface area contributed by atoms with Crippen molar-refractivity contribution >= 4 is 29.1 Å². The summed E-state index contributed by atoms with van der Waals surface area (Å²) in [6, 6.07) is 11.0. The monoisotopic (exact) mass is 370 g/mol. The van der Waals surface area contributed by atoms with Gasteiger partial charge in [-0.3, -0.25) is 19.3 Å². The molecule has 1 N–H and O–H groups in total. The van der Waals surface area contributed by atoms with E-state index < -0.39 is 0 Å². The second kappa shape index (κ2) is 8.76. The first-order valence-electron chi connectivity index (χ1n) is 8.91. The fraction of sp³-hybridized carbons (Fsp3) is 0.350. The third-order valence-electron chi connectivity index (χ3n) is 4.42. The summed E-state index contributed by atoms with van der Waals surface area (Å²) in [6.07, 6.45) is 3.73. The van der Waals surface area contributed by atoms with E-state index in [0.29, 0.717) is 37.1 Å². The molecule has 2 heterocycles. The molecule has 136 valence electrons. The Hall–Kier alpha value is -2.47. The van der Waals surface area contributed by atoms with E-state index in [2.05, 4.69) is 11.4 Å². The first kappa shape index (κ1) is 18.3. The zero-order valence-electron chi connectivity index (χ0n) is 14.6. The summed E-state index contributed by atoms with van der Waals surface area (Å²) >= 11 is 1.72. The summed E-state index contributed by atoms with van der Waals surface area (Å²) in [5.74, 6) is -0.381. The van der Waals surface area contributed by atoms with Gasteiger partial charge in [0, 0.05) is 24.4 Å². The minimum absolute atomic E-state index is 0.0577. The molecule has 0 radical (unpaired) electrons. The van der Waals surface area contributed by atoms with Crippen molar-refractivity contribution in [3.05, 3.63) is 57.8 Å². The van der Waals surface area contributed by atoms with Crippen molar-refractivity contribution in [2.24, 2.45) is 0 Å². The molecule has 5 nitrogen and oxygen atoms in total. The van der Waals surface area contributed by atoms with Gasteiger partial charge in [0.05, 0.1) is 11.1 Å². The molecule has 26 heavy (non-hydrogen) atoms. The predicted octanol–water partition coefficient (Wildman–Crippen LogP) is 3.26. The maximum Gasteiger partial charge on any atom is 0.261 e. The minimum atomic E-state index is -0.219. The van der Waals surface area contributed by atoms with Crippen LogP contribution in [0.15, 0.2) is 41.8 Å². The van der Waals surface area contributed by atoms with Crippen LogP contribution in [0.3, 0.4) is 0 Å². The quantitative estimate of drug-likeness (QED) is 0.544. The summed E-state index contributed by atoms with van der Waals surface area (Å²) in [5.41, 5.74) is 0.966. The van der Waals surface area contributed by atoms with Gasteiger partial charge in [0.25, 0.3) is 11.8 Å². The largest absolute Gasteiger partial charge is 0.356 e. The number of amides is 3. The van der Waals surface area contributed by atoms with E-state index in [1.807, 2.05) is 11.4 Å². The molecule has 0 saturated heterocycles. The summed E-state index contributed by atoms with van der Waals surface area (Å²) < 4.78 is 0. The molecule has 1 aromatic heterocycles. The molecule has 3 amide bonds. The van der Waals surface area contributed by atoms with E-state index in [0.717, 1.165) is 19.3 Å². The maximum absolute atomic E-state index is 12.2. The van der Waals surface area contributed by atoms with Crippen LogP contribution < -0.4 is 5.32 Å². The average Bonchev–Trinajstić information content (AvgIpc) is 3.24. The zero-order chi connectivity index (χ0) is 18.4. The van der Waals surface area contributed by atoms with Crippen LogP contribution >= 0.6 is 11.3 Å². The number of imide groups is 1. The maximum atomic E-state index is 12.2. The summed E-state index contributed by atoms with van der Waals surface area (Å²) in [7, 11) is 0. The molecule has 0 aliphatic carbocycles. The van der Waals surface area contributed by atoms with Crippen LogP contribution in [0, 0.1) is 0 Å². The van der Waals surface area contributed by atoms with Crippen LogP contribution in [0.1, 0.15) is 51.3 Å². The third-order valence-corrected chi connectivity index (χ3v) is 5.35. The lowest BCUT2D eigenvalue weighted by Gasteiger charge is -2.13. The van der Waals surface area contributed by atoms with Crippen molar-refractivity contribution in [3.63, 3.8) is 0 Å². The van der Waals surface area contributed by atoms with Gasteiger partial charge < -0.3 is 5.32 Å². The normalized spacial score (nSPS) is 13.2. The summed E-state index contributed by atoms with van der Waals surface area (Å²) in [4.78, 5) is 38.9. The first-order chi connectivity index (χ1) is 12.7. The molecule has 1 aliphatic heterocycles. The topological polar surface area (TPSA) is 66.5 Å². The Balaban J connectivity index is 1.30.